The molecule has 0 aromatic rings. The summed E-state index contributed by atoms with van der Waals surface area (Å²) in [5.41, 5.74) is 1.50. The van der Waals surface area contributed by atoms with E-state index in [0.717, 1.165) is 51.4 Å². The number of Topliss-reactive ketones (excluding diaryl/α,β-unsaturated/α-hetero) is 1. The van der Waals surface area contributed by atoms with Gasteiger partial charge < -0.3 is 14.1 Å². The van der Waals surface area contributed by atoms with Gasteiger partial charge in [0.05, 0.1) is 27.2 Å². The topological polar surface area (TPSA) is 88.1 Å². The van der Waals surface area contributed by atoms with Crippen molar-refractivity contribution in [2.24, 2.45) is 28.6 Å². The first-order valence-corrected chi connectivity index (χ1v) is 16.1. The van der Waals surface area contributed by atoms with Gasteiger partial charge in [-0.3, -0.25) is 8.98 Å². The van der Waals surface area contributed by atoms with E-state index in [2.05, 4.69) is 19.9 Å². The summed E-state index contributed by atoms with van der Waals surface area (Å²) in [5.74, 6) is 2.24. The molecule has 8 atom stereocenters. The van der Waals surface area contributed by atoms with Crippen molar-refractivity contribution in [1.29, 1.82) is 0 Å². The third kappa shape index (κ3) is 5.56. The van der Waals surface area contributed by atoms with Crippen LogP contribution < -0.4 is 4.89 Å². The van der Waals surface area contributed by atoms with Crippen LogP contribution >= 0.6 is 18.8 Å². The smallest absolute Gasteiger partial charge is 0.325 e. The molecule has 0 heterocycles. The molecular formula is C26H45NO6PS+. The van der Waals surface area contributed by atoms with Gasteiger partial charge in [-0.15, -0.1) is 0 Å². The van der Waals surface area contributed by atoms with E-state index >= 15 is 0 Å². The zero-order chi connectivity index (χ0) is 25.6. The molecule has 0 spiro atoms. The molecule has 2 unspecified atom stereocenters. The molecular weight excluding hydrogens is 485 g/mol. The van der Waals surface area contributed by atoms with E-state index in [-0.39, 0.29) is 29.6 Å². The van der Waals surface area contributed by atoms with Crippen molar-refractivity contribution in [2.75, 3.05) is 41.5 Å². The molecule has 0 saturated heterocycles. The maximum Gasteiger partial charge on any atom is 0.325 e. The highest BCUT2D eigenvalue weighted by Crippen LogP contribution is 2.65. The molecule has 4 aliphatic rings. The van der Waals surface area contributed by atoms with Crippen LogP contribution in [0.15, 0.2) is 11.6 Å². The van der Waals surface area contributed by atoms with Crippen LogP contribution in [0.3, 0.4) is 0 Å². The number of carbonyl (C=O) groups is 1. The van der Waals surface area contributed by atoms with Crippen molar-refractivity contribution in [3.8, 4) is 0 Å². The van der Waals surface area contributed by atoms with Crippen LogP contribution in [0, 0.1) is 28.6 Å². The van der Waals surface area contributed by atoms with Gasteiger partial charge in [-0.2, -0.15) is 4.52 Å². The minimum Gasteiger partial charge on any atom is -0.620 e. The Bertz CT molecular complexity index is 831. The van der Waals surface area contributed by atoms with Crippen LogP contribution in [0.4, 0.5) is 0 Å². The maximum atomic E-state index is 12.7. The molecule has 9 heteroatoms. The lowest BCUT2D eigenvalue weighted by Gasteiger charge is -2.56. The normalized spacial score (nSPS) is 39.8. The summed E-state index contributed by atoms with van der Waals surface area (Å²) in [6.07, 6.45) is 10.1. The lowest BCUT2D eigenvalue weighted by atomic mass is 9.48. The van der Waals surface area contributed by atoms with Crippen molar-refractivity contribution in [3.05, 3.63) is 11.6 Å². The largest absolute Gasteiger partial charge is 0.620 e. The number of quaternary nitrogens is 1. The molecule has 0 bridgehead atoms. The Morgan fingerprint density at radius 1 is 1.17 bits per heavy atom. The van der Waals surface area contributed by atoms with Gasteiger partial charge in [-0.25, -0.2) is 4.89 Å². The first-order chi connectivity index (χ1) is 16.3. The van der Waals surface area contributed by atoms with Crippen LogP contribution in [0.1, 0.15) is 65.2 Å². The molecule has 4 aliphatic carbocycles. The number of ketones is 1. The van der Waals surface area contributed by atoms with Crippen LogP contribution in [-0.2, 0) is 18.2 Å². The number of rotatable bonds is 9. The van der Waals surface area contributed by atoms with Crippen LogP contribution in [0.5, 0.6) is 0 Å². The van der Waals surface area contributed by atoms with Gasteiger partial charge in [-0.1, -0.05) is 25.5 Å². The van der Waals surface area contributed by atoms with Crippen molar-refractivity contribution in [3.63, 3.8) is 0 Å². The molecule has 35 heavy (non-hydrogen) atoms. The van der Waals surface area contributed by atoms with Crippen LogP contribution in [0.2, 0.25) is 0 Å². The quantitative estimate of drug-likeness (QED) is 0.206. The van der Waals surface area contributed by atoms with E-state index in [1.54, 1.807) is 7.11 Å². The van der Waals surface area contributed by atoms with Gasteiger partial charge in [0, 0.05) is 18.9 Å². The summed E-state index contributed by atoms with van der Waals surface area (Å²) in [4.78, 5) is 35.7. The fraction of sp³-hybridized carbons (Fsp3) is 0.885. The predicted molar refractivity (Wildman–Crippen MR) is 138 cm³/mol. The highest BCUT2D eigenvalue weighted by molar-refractivity contribution is 8.54. The van der Waals surface area contributed by atoms with E-state index in [4.69, 9.17) is 13.4 Å². The van der Waals surface area contributed by atoms with Gasteiger partial charge >= 0.3 is 7.15 Å². The Morgan fingerprint density at radius 3 is 2.54 bits per heavy atom. The third-order valence-electron chi connectivity index (χ3n) is 9.93. The second-order valence-electron chi connectivity index (χ2n) is 12.7. The van der Waals surface area contributed by atoms with E-state index < -0.39 is 7.15 Å². The lowest BCUT2D eigenvalue weighted by Crippen LogP contribution is -2.50. The summed E-state index contributed by atoms with van der Waals surface area (Å²) in [7, 11) is 3.73. The van der Waals surface area contributed by atoms with Crippen molar-refractivity contribution < 1.29 is 32.5 Å². The molecule has 0 aliphatic heterocycles. The molecule has 3 saturated carbocycles. The van der Waals surface area contributed by atoms with Gasteiger partial charge in [-0.05, 0) is 68.1 Å². The van der Waals surface area contributed by atoms with E-state index in [0.29, 0.717) is 46.3 Å². The Kier molecular flexibility index (Phi) is 8.20. The molecule has 0 amide bonds. The van der Waals surface area contributed by atoms with Crippen molar-refractivity contribution in [1.82, 2.24) is 0 Å². The average Bonchev–Trinajstić information content (AvgIpc) is 3.09. The van der Waals surface area contributed by atoms with Crippen molar-refractivity contribution in [2.45, 2.75) is 77.4 Å². The van der Waals surface area contributed by atoms with Gasteiger partial charge in [0.2, 0.25) is 11.7 Å². The molecule has 0 aromatic carbocycles. The molecule has 1 N–H and O–H groups in total. The molecule has 7 nitrogen and oxygen atoms in total. The average molecular weight is 531 g/mol. The number of allylic oxidation sites excluding steroid dienone is 1. The minimum atomic E-state index is -3.93. The van der Waals surface area contributed by atoms with Gasteiger partial charge in [0.1, 0.15) is 25.0 Å². The molecule has 3 fully saturated rings. The zero-order valence-corrected chi connectivity index (χ0v) is 24.0. The number of likely N-dealkylation sites (N-methyl/N-ethyl adjacent to an activating group) is 1. The molecule has 0 radical (unpaired) electrons. The minimum absolute atomic E-state index is 0.0516. The van der Waals surface area contributed by atoms with E-state index in [1.807, 2.05) is 21.1 Å². The molecule has 4 rings (SSSR count). The second-order valence-corrected chi connectivity index (χ2v) is 16.1. The summed E-state index contributed by atoms with van der Waals surface area (Å²) >= 11 is 0.606. The number of fused-ring (bicyclic) bond motifs is 5. The van der Waals surface area contributed by atoms with Gasteiger partial charge in [0.15, 0.2) is 0 Å². The fourth-order valence-electron chi connectivity index (χ4n) is 7.49. The Labute approximate surface area is 216 Å². The Hall–Kier alpha value is -0.0500. The predicted octanol–water partition coefficient (Wildman–Crippen LogP) is 4.32. The fourth-order valence-corrected chi connectivity index (χ4v) is 9.29. The standard InChI is InChI=1S/C26H44NO6PS/c1-25-13-11-20(33-35-34(29,30)32-17-19(16-31-6)27(3,4)5)15-18(25)7-8-21-22-9-10-24(28)26(22,2)14-12-23(21)25/h7,19-23H,8-17H2,1-6H3/p+1/t19?,20-,21-,22-,23-,25-,26-/m0/s1. The zero-order valence-electron chi connectivity index (χ0n) is 22.3. The Morgan fingerprint density at radius 2 is 1.86 bits per heavy atom. The van der Waals surface area contributed by atoms with E-state index in [1.165, 1.54) is 5.57 Å². The number of carbonyl (C=O) groups excluding carboxylic acids is 1. The summed E-state index contributed by atoms with van der Waals surface area (Å²) in [6, 6.07) is -0.0516. The second kappa shape index (κ2) is 10.3. The van der Waals surface area contributed by atoms with Crippen LogP contribution in [-0.4, -0.2) is 68.8 Å². The first-order valence-electron chi connectivity index (χ1n) is 13.2. The van der Waals surface area contributed by atoms with Crippen LogP contribution in [0.25, 0.3) is 0 Å². The van der Waals surface area contributed by atoms with Gasteiger partial charge in [0.25, 0.3) is 0 Å². The number of ether oxygens (including phenoxy) is 1. The monoisotopic (exact) mass is 530 g/mol. The number of nitrogens with zero attached hydrogens (tertiary/aromatic N) is 1. The number of hydrogen-bond acceptors (Lipinski definition) is 7. The first kappa shape index (κ1) is 28.0. The maximum absolute atomic E-state index is 12.7. The summed E-state index contributed by atoms with van der Waals surface area (Å²) in [5, 5.41) is 0. The third-order valence-corrected chi connectivity index (χ3v) is 12.1. The van der Waals surface area contributed by atoms with E-state index in [9.17, 15) is 14.6 Å². The molecule has 0 aromatic heterocycles. The summed E-state index contributed by atoms with van der Waals surface area (Å²) < 4.78 is 17.2. The lowest BCUT2D eigenvalue weighted by molar-refractivity contribution is -0.896. The highest BCUT2D eigenvalue weighted by Gasteiger charge is 2.58. The summed E-state index contributed by atoms with van der Waals surface area (Å²) in [6.45, 7) is 5.21. The SMILES string of the molecule is COCC(CO[P+]([O-])(O)SO[C@H]1CC[C@@]2(C)C(=CC[C@@H]3[C@@H]2CC[C@]2(C)C(=O)CC[C@@H]32)C1)[N+](C)(C)C. The molecule has 200 valence electrons. The Balaban J connectivity index is 1.34. The number of methoxy groups -OCH3 is 1. The number of hydrogen-bond donors (Lipinski definition) is 1. The van der Waals surface area contributed by atoms with Crippen molar-refractivity contribution >= 4 is 24.6 Å². The highest BCUT2D eigenvalue weighted by atomic mass is 32.8.